The molecule has 138 valence electrons. The minimum Gasteiger partial charge on any atom is -0.398 e. The number of aryl methyl sites for hydroxylation is 1. The highest BCUT2D eigenvalue weighted by Crippen LogP contribution is 2.49. The molecule has 2 aromatic carbocycles. The minimum absolute atomic E-state index is 0.0877. The van der Waals surface area contributed by atoms with Crippen LogP contribution in [0.5, 0.6) is 0 Å². The molecule has 0 amide bonds. The van der Waals surface area contributed by atoms with E-state index in [1.165, 1.54) is 18.2 Å². The van der Waals surface area contributed by atoms with Crippen LogP contribution in [-0.4, -0.2) is 11.9 Å². The molecule has 1 atom stereocenters. The van der Waals surface area contributed by atoms with Gasteiger partial charge in [-0.15, -0.1) is 0 Å². The van der Waals surface area contributed by atoms with Gasteiger partial charge in [-0.05, 0) is 36.2 Å². The number of rotatable bonds is 3. The van der Waals surface area contributed by atoms with Crippen molar-refractivity contribution in [1.29, 1.82) is 0 Å². The lowest BCUT2D eigenvalue weighted by molar-refractivity contribution is -0.275. The Morgan fingerprint density at radius 2 is 1.81 bits per heavy atom. The molecule has 0 saturated carbocycles. The normalized spacial score (nSPS) is 20.0. The zero-order chi connectivity index (χ0) is 19.1. The highest BCUT2D eigenvalue weighted by atomic mass is 35.5. The highest BCUT2D eigenvalue weighted by molar-refractivity contribution is 6.34. The fourth-order valence-electron chi connectivity index (χ4n) is 2.94. The monoisotopic (exact) mass is 402 g/mol. The highest BCUT2D eigenvalue weighted by Gasteiger charge is 2.62. The maximum absolute atomic E-state index is 13.9. The van der Waals surface area contributed by atoms with Gasteiger partial charge >= 0.3 is 6.18 Å². The van der Waals surface area contributed by atoms with E-state index < -0.39 is 18.2 Å². The molecule has 1 aliphatic rings. The number of anilines is 1. The number of nitrogen functional groups attached to an aromatic ring is 1. The second-order valence-corrected chi connectivity index (χ2v) is 6.93. The van der Waals surface area contributed by atoms with E-state index in [2.05, 4.69) is 5.16 Å². The molecule has 0 bridgehead atoms. The summed E-state index contributed by atoms with van der Waals surface area (Å²) in [6.07, 6.45) is -4.50. The Kier molecular flexibility index (Phi) is 4.84. The van der Waals surface area contributed by atoms with Crippen molar-refractivity contribution in [3.63, 3.8) is 0 Å². The largest absolute Gasteiger partial charge is 0.435 e. The van der Waals surface area contributed by atoms with Gasteiger partial charge < -0.3 is 10.6 Å². The first-order valence-electron chi connectivity index (χ1n) is 7.83. The predicted octanol–water partition coefficient (Wildman–Crippen LogP) is 5.72. The Bertz CT molecular complexity index is 863. The Morgan fingerprint density at radius 1 is 1.15 bits per heavy atom. The van der Waals surface area contributed by atoms with E-state index in [9.17, 15) is 13.2 Å². The van der Waals surface area contributed by atoms with E-state index in [0.717, 1.165) is 12.0 Å². The van der Waals surface area contributed by atoms with Crippen molar-refractivity contribution in [1.82, 2.24) is 0 Å². The molecule has 0 spiro atoms. The molecule has 0 fully saturated rings. The summed E-state index contributed by atoms with van der Waals surface area (Å²) >= 11 is 11.8. The van der Waals surface area contributed by atoms with E-state index in [1.54, 1.807) is 18.2 Å². The van der Waals surface area contributed by atoms with Gasteiger partial charge in [-0.2, -0.15) is 13.2 Å². The lowest BCUT2D eigenvalue weighted by Crippen LogP contribution is -2.42. The molecule has 0 saturated heterocycles. The fourth-order valence-corrected chi connectivity index (χ4v) is 3.47. The van der Waals surface area contributed by atoms with Crippen molar-refractivity contribution >= 4 is 34.6 Å². The van der Waals surface area contributed by atoms with E-state index in [-0.39, 0.29) is 21.3 Å². The molecule has 2 N–H and O–H groups in total. The van der Waals surface area contributed by atoms with Gasteiger partial charge in [-0.3, -0.25) is 0 Å². The molecule has 0 unspecified atom stereocenters. The lowest BCUT2D eigenvalue weighted by atomic mass is 9.86. The molecule has 3 rings (SSSR count). The van der Waals surface area contributed by atoms with Crippen LogP contribution >= 0.6 is 23.2 Å². The number of hydrogen-bond donors (Lipinski definition) is 1. The Morgan fingerprint density at radius 3 is 2.35 bits per heavy atom. The first kappa shape index (κ1) is 18.9. The van der Waals surface area contributed by atoms with Gasteiger partial charge in [-0.1, -0.05) is 47.4 Å². The number of oxime groups is 1. The van der Waals surface area contributed by atoms with E-state index >= 15 is 0 Å². The number of halogens is 5. The van der Waals surface area contributed by atoms with Crippen molar-refractivity contribution in [2.75, 3.05) is 5.73 Å². The molecule has 0 aromatic heterocycles. The molecule has 26 heavy (non-hydrogen) atoms. The maximum atomic E-state index is 13.9. The topological polar surface area (TPSA) is 47.6 Å². The summed E-state index contributed by atoms with van der Waals surface area (Å²) in [4.78, 5) is 4.97. The van der Waals surface area contributed by atoms with Crippen LogP contribution in [0.3, 0.4) is 0 Å². The molecule has 3 nitrogen and oxygen atoms in total. The standard InChI is InChI=1S/C18H15Cl2F3N2O/c1-2-10-3-4-11(5-15(10)24)16-9-17(26-25-16,18(21,22)23)12-6-13(19)8-14(20)7-12/h3-8H,2,9,24H2,1H3/t17-/m0/s1. The quantitative estimate of drug-likeness (QED) is 0.667. The van der Waals surface area contributed by atoms with E-state index in [4.69, 9.17) is 33.8 Å². The van der Waals surface area contributed by atoms with Crippen LogP contribution in [-0.2, 0) is 16.9 Å². The summed E-state index contributed by atoms with van der Waals surface area (Å²) < 4.78 is 41.8. The van der Waals surface area contributed by atoms with Gasteiger partial charge in [-0.25, -0.2) is 0 Å². The summed E-state index contributed by atoms with van der Waals surface area (Å²) in [6, 6.07) is 8.81. The van der Waals surface area contributed by atoms with Crippen LogP contribution in [0.4, 0.5) is 18.9 Å². The molecule has 2 aromatic rings. The van der Waals surface area contributed by atoms with Gasteiger partial charge in [0.1, 0.15) is 0 Å². The van der Waals surface area contributed by atoms with Crippen molar-refractivity contribution in [3.8, 4) is 0 Å². The average Bonchev–Trinajstić information content (AvgIpc) is 3.00. The van der Waals surface area contributed by atoms with Crippen molar-refractivity contribution in [2.45, 2.75) is 31.5 Å². The third kappa shape index (κ3) is 3.23. The Labute approximate surface area is 158 Å². The number of alkyl halides is 3. The average molecular weight is 403 g/mol. The molecule has 0 radical (unpaired) electrons. The predicted molar refractivity (Wildman–Crippen MR) is 96.7 cm³/mol. The second-order valence-electron chi connectivity index (χ2n) is 6.06. The first-order valence-corrected chi connectivity index (χ1v) is 8.59. The van der Waals surface area contributed by atoms with Crippen LogP contribution in [0.2, 0.25) is 10.0 Å². The molecule has 1 heterocycles. The number of hydrogen-bond acceptors (Lipinski definition) is 3. The zero-order valence-corrected chi connectivity index (χ0v) is 15.2. The lowest BCUT2D eigenvalue weighted by Gasteiger charge is -2.29. The third-order valence-corrected chi connectivity index (χ3v) is 4.81. The van der Waals surface area contributed by atoms with Gasteiger partial charge in [0, 0.05) is 33.3 Å². The molecular formula is C18H15Cl2F3N2O. The number of nitrogens with zero attached hydrogens (tertiary/aromatic N) is 1. The molecule has 1 aliphatic heterocycles. The first-order chi connectivity index (χ1) is 12.2. The van der Waals surface area contributed by atoms with Gasteiger partial charge in [0.2, 0.25) is 0 Å². The zero-order valence-electron chi connectivity index (χ0n) is 13.7. The van der Waals surface area contributed by atoms with Crippen molar-refractivity contribution < 1.29 is 18.0 Å². The summed E-state index contributed by atoms with van der Waals surface area (Å²) in [5.41, 5.74) is 5.17. The number of nitrogens with two attached hydrogens (primary N) is 1. The van der Waals surface area contributed by atoms with Crippen LogP contribution < -0.4 is 5.73 Å². The van der Waals surface area contributed by atoms with Crippen molar-refractivity contribution in [2.24, 2.45) is 5.16 Å². The molecule has 0 aliphatic carbocycles. The summed E-state index contributed by atoms with van der Waals surface area (Å²) in [6.45, 7) is 1.94. The van der Waals surface area contributed by atoms with E-state index in [0.29, 0.717) is 11.3 Å². The SMILES string of the molecule is CCc1ccc(C2=NO[C@@](c3cc(Cl)cc(Cl)c3)(C(F)(F)F)C2)cc1N. The summed E-state index contributed by atoms with van der Waals surface area (Å²) in [5.74, 6) is 0. The Hall–Kier alpha value is -1.92. The van der Waals surface area contributed by atoms with Gasteiger partial charge in [0.05, 0.1) is 5.71 Å². The van der Waals surface area contributed by atoms with Gasteiger partial charge in [0.15, 0.2) is 0 Å². The van der Waals surface area contributed by atoms with Crippen LogP contribution in [0, 0.1) is 0 Å². The molecular weight excluding hydrogens is 388 g/mol. The maximum Gasteiger partial charge on any atom is 0.435 e. The van der Waals surface area contributed by atoms with Crippen LogP contribution in [0.15, 0.2) is 41.6 Å². The molecule has 8 heteroatoms. The minimum atomic E-state index is -4.72. The van der Waals surface area contributed by atoms with Crippen LogP contribution in [0.1, 0.15) is 30.0 Å². The van der Waals surface area contributed by atoms with Crippen molar-refractivity contribution in [3.05, 3.63) is 63.1 Å². The summed E-state index contributed by atoms with van der Waals surface area (Å²) in [7, 11) is 0. The second kappa shape index (κ2) is 6.67. The Balaban J connectivity index is 2.02. The van der Waals surface area contributed by atoms with Gasteiger partial charge in [0.25, 0.3) is 5.60 Å². The van der Waals surface area contributed by atoms with Crippen LogP contribution in [0.25, 0.3) is 0 Å². The fraction of sp³-hybridized carbons (Fsp3) is 0.278. The summed E-state index contributed by atoms with van der Waals surface area (Å²) in [5, 5.41) is 3.89. The number of benzene rings is 2. The van der Waals surface area contributed by atoms with E-state index in [1.807, 2.05) is 6.92 Å². The third-order valence-electron chi connectivity index (χ3n) is 4.37. The smallest absolute Gasteiger partial charge is 0.398 e.